The average molecular weight is 363 g/mol. The van der Waals surface area contributed by atoms with Crippen molar-refractivity contribution in [2.45, 2.75) is 32.9 Å². The fraction of sp³-hybridized carbons (Fsp3) is 0.261. The maximum Gasteiger partial charge on any atom is 0.275 e. The van der Waals surface area contributed by atoms with E-state index in [1.807, 2.05) is 42.6 Å². The predicted molar refractivity (Wildman–Crippen MR) is 106 cm³/mol. The number of nitrogens with two attached hydrogens (primary N) is 1. The second kappa shape index (κ2) is 8.69. The lowest BCUT2D eigenvalue weighted by Gasteiger charge is -2.17. The lowest BCUT2D eigenvalue weighted by Crippen LogP contribution is -2.87. The van der Waals surface area contributed by atoms with Gasteiger partial charge in [0.05, 0.1) is 12.3 Å². The van der Waals surface area contributed by atoms with Crippen LogP contribution in [0, 0.1) is 13.8 Å². The summed E-state index contributed by atoms with van der Waals surface area (Å²) in [5, 5.41) is 5.10. The molecule has 0 bridgehead atoms. The van der Waals surface area contributed by atoms with E-state index in [0.29, 0.717) is 6.54 Å². The van der Waals surface area contributed by atoms with Gasteiger partial charge in [-0.15, -0.1) is 0 Å². The van der Waals surface area contributed by atoms with Crippen molar-refractivity contribution in [1.82, 2.24) is 5.32 Å². The molecule has 27 heavy (non-hydrogen) atoms. The molecule has 140 valence electrons. The average Bonchev–Trinajstić information content (AvgIpc) is 3.19. The highest BCUT2D eigenvalue weighted by Crippen LogP contribution is 2.19. The van der Waals surface area contributed by atoms with Crippen LogP contribution in [0.1, 0.15) is 47.0 Å². The number of nitrogens with one attached hydrogen (secondary N) is 1. The van der Waals surface area contributed by atoms with Crippen LogP contribution in [0.2, 0.25) is 0 Å². The summed E-state index contributed by atoms with van der Waals surface area (Å²) in [6.45, 7) is 6.53. The molecule has 1 amide bonds. The molecule has 1 heterocycles. The van der Waals surface area contributed by atoms with Crippen molar-refractivity contribution >= 4 is 5.91 Å². The van der Waals surface area contributed by atoms with Crippen molar-refractivity contribution in [3.05, 3.63) is 94.9 Å². The maximum atomic E-state index is 12.5. The maximum absolute atomic E-state index is 12.5. The van der Waals surface area contributed by atoms with E-state index >= 15 is 0 Å². The van der Waals surface area contributed by atoms with Crippen LogP contribution in [-0.4, -0.2) is 12.5 Å². The third-order valence-corrected chi connectivity index (χ3v) is 4.96. The largest absolute Gasteiger partial charge is 0.463 e. The monoisotopic (exact) mass is 363 g/mol. The molecule has 4 heteroatoms. The predicted octanol–water partition coefficient (Wildman–Crippen LogP) is 3.43. The van der Waals surface area contributed by atoms with Gasteiger partial charge in [0, 0.05) is 5.56 Å². The Kier molecular flexibility index (Phi) is 6.09. The van der Waals surface area contributed by atoms with Gasteiger partial charge in [-0.2, -0.15) is 0 Å². The van der Waals surface area contributed by atoms with E-state index in [4.69, 9.17) is 4.42 Å². The first kappa shape index (κ1) is 18.9. The summed E-state index contributed by atoms with van der Waals surface area (Å²) >= 11 is 0. The Balaban J connectivity index is 1.63. The normalized spacial score (nSPS) is 13.1. The zero-order chi connectivity index (χ0) is 19.2. The van der Waals surface area contributed by atoms with Gasteiger partial charge in [0.25, 0.3) is 5.91 Å². The Morgan fingerprint density at radius 2 is 1.78 bits per heavy atom. The quantitative estimate of drug-likeness (QED) is 0.676. The first-order chi connectivity index (χ1) is 13.0. The van der Waals surface area contributed by atoms with E-state index < -0.39 is 0 Å². The van der Waals surface area contributed by atoms with Crippen molar-refractivity contribution in [3.63, 3.8) is 0 Å². The van der Waals surface area contributed by atoms with Crippen molar-refractivity contribution in [2.24, 2.45) is 0 Å². The molecule has 3 rings (SSSR count). The number of hydrogen-bond donors (Lipinski definition) is 2. The molecule has 0 saturated heterocycles. The fourth-order valence-corrected chi connectivity index (χ4v) is 3.19. The number of furan rings is 1. The zero-order valence-electron chi connectivity index (χ0n) is 16.1. The number of quaternary nitrogens is 1. The lowest BCUT2D eigenvalue weighted by atomic mass is 10.0. The summed E-state index contributed by atoms with van der Waals surface area (Å²) in [6.07, 6.45) is 1.67. The van der Waals surface area contributed by atoms with Crippen LogP contribution in [0.5, 0.6) is 0 Å². The van der Waals surface area contributed by atoms with Gasteiger partial charge >= 0.3 is 0 Å². The molecule has 0 spiro atoms. The van der Waals surface area contributed by atoms with E-state index in [-0.39, 0.29) is 18.0 Å². The van der Waals surface area contributed by atoms with Gasteiger partial charge in [-0.1, -0.05) is 48.5 Å². The molecule has 4 nitrogen and oxygen atoms in total. The van der Waals surface area contributed by atoms with Crippen molar-refractivity contribution in [1.29, 1.82) is 0 Å². The number of carbonyl (C=O) groups excluding carboxylic acids is 1. The molecule has 0 radical (unpaired) electrons. The summed E-state index contributed by atoms with van der Waals surface area (Å²) in [6, 6.07) is 20.2. The standard InChI is InChI=1S/C23H26N2O2/c1-16-11-12-20(14-17(16)2)18(3)25-22(26)15-24-23(21-10-7-13-27-21)19-8-5-4-6-9-19/h4-14,18,23-24H,15H2,1-3H3,(H,25,26)/p+1/t18-,23-/m1/s1. The molecular weight excluding hydrogens is 336 g/mol. The van der Waals surface area contributed by atoms with Crippen LogP contribution in [0.4, 0.5) is 0 Å². The third kappa shape index (κ3) is 4.86. The Hall–Kier alpha value is -2.85. The number of rotatable bonds is 7. The number of amides is 1. The first-order valence-electron chi connectivity index (χ1n) is 9.33. The third-order valence-electron chi connectivity index (χ3n) is 4.96. The Bertz CT molecular complexity index is 873. The molecule has 2 aromatic carbocycles. The van der Waals surface area contributed by atoms with Crippen LogP contribution in [0.25, 0.3) is 0 Å². The lowest BCUT2D eigenvalue weighted by molar-refractivity contribution is -0.678. The Morgan fingerprint density at radius 1 is 1.00 bits per heavy atom. The minimum Gasteiger partial charge on any atom is -0.463 e. The van der Waals surface area contributed by atoms with E-state index in [1.54, 1.807) is 6.26 Å². The number of aryl methyl sites for hydroxylation is 2. The summed E-state index contributed by atoms with van der Waals surface area (Å²) in [5.41, 5.74) is 4.73. The van der Waals surface area contributed by atoms with E-state index in [1.165, 1.54) is 11.1 Å². The number of benzene rings is 2. The van der Waals surface area contributed by atoms with Crippen molar-refractivity contribution in [2.75, 3.05) is 6.54 Å². The molecule has 0 aliphatic carbocycles. The topological polar surface area (TPSA) is 58.9 Å². The molecule has 3 N–H and O–H groups in total. The SMILES string of the molecule is Cc1ccc([C@@H](C)NC(=O)C[NH2+][C@H](c2ccccc2)c2ccco2)cc1C. The fourth-order valence-electron chi connectivity index (χ4n) is 3.19. The molecule has 0 aliphatic heterocycles. The van der Waals surface area contributed by atoms with E-state index in [2.05, 4.69) is 49.5 Å². The van der Waals surface area contributed by atoms with Crippen molar-refractivity contribution < 1.29 is 14.5 Å². The Labute approximate surface area is 160 Å². The molecule has 0 unspecified atom stereocenters. The minimum absolute atomic E-state index is 0.00761. The van der Waals surface area contributed by atoms with Gasteiger partial charge in [-0.25, -0.2) is 0 Å². The van der Waals surface area contributed by atoms with Crippen LogP contribution in [0.3, 0.4) is 0 Å². The van der Waals surface area contributed by atoms with Gasteiger partial charge in [-0.3, -0.25) is 4.79 Å². The number of hydrogen-bond acceptors (Lipinski definition) is 2. The highest BCUT2D eigenvalue weighted by molar-refractivity contribution is 5.77. The summed E-state index contributed by atoms with van der Waals surface area (Å²) in [7, 11) is 0. The molecule has 1 aromatic heterocycles. The first-order valence-corrected chi connectivity index (χ1v) is 9.33. The molecule has 0 aliphatic rings. The van der Waals surface area contributed by atoms with Gasteiger partial charge in [0.15, 0.2) is 18.3 Å². The summed E-state index contributed by atoms with van der Waals surface area (Å²) in [4.78, 5) is 12.5. The van der Waals surface area contributed by atoms with Gasteiger partial charge in [-0.05, 0) is 49.6 Å². The molecule has 3 aromatic rings. The second-order valence-corrected chi connectivity index (χ2v) is 6.98. The Morgan fingerprint density at radius 3 is 2.44 bits per heavy atom. The zero-order valence-corrected chi connectivity index (χ0v) is 16.1. The summed E-state index contributed by atoms with van der Waals surface area (Å²) < 4.78 is 5.59. The smallest absolute Gasteiger partial charge is 0.275 e. The van der Waals surface area contributed by atoms with Crippen LogP contribution >= 0.6 is 0 Å². The summed E-state index contributed by atoms with van der Waals surface area (Å²) in [5.74, 6) is 0.851. The van der Waals surface area contributed by atoms with Crippen molar-refractivity contribution in [3.8, 4) is 0 Å². The van der Waals surface area contributed by atoms with Gasteiger partial charge < -0.3 is 15.1 Å². The number of carbonyl (C=O) groups is 1. The van der Waals surface area contributed by atoms with Crippen LogP contribution < -0.4 is 10.6 Å². The van der Waals surface area contributed by atoms with Gasteiger partial charge in [0.2, 0.25) is 0 Å². The second-order valence-electron chi connectivity index (χ2n) is 6.98. The van der Waals surface area contributed by atoms with E-state index in [9.17, 15) is 4.79 Å². The van der Waals surface area contributed by atoms with E-state index in [0.717, 1.165) is 16.9 Å². The molecule has 0 fully saturated rings. The minimum atomic E-state index is -0.0381. The molecular formula is C23H27N2O2+. The highest BCUT2D eigenvalue weighted by atomic mass is 16.3. The molecule has 2 atom stereocenters. The van der Waals surface area contributed by atoms with Crippen LogP contribution in [0.15, 0.2) is 71.3 Å². The molecule has 0 saturated carbocycles. The highest BCUT2D eigenvalue weighted by Gasteiger charge is 2.22. The van der Waals surface area contributed by atoms with Crippen LogP contribution in [-0.2, 0) is 4.79 Å². The van der Waals surface area contributed by atoms with Gasteiger partial charge in [0.1, 0.15) is 0 Å².